The minimum absolute atomic E-state index is 0.230. The Morgan fingerprint density at radius 2 is 0.375 bits per heavy atom. The van der Waals surface area contributed by atoms with Gasteiger partial charge in [0.15, 0.2) is 0 Å². The van der Waals surface area contributed by atoms with Gasteiger partial charge in [0, 0.05) is 0 Å². The van der Waals surface area contributed by atoms with Gasteiger partial charge in [-0.3, -0.25) is 0 Å². The molecule has 0 N–H and O–H groups in total. The van der Waals surface area contributed by atoms with Crippen molar-refractivity contribution in [3.8, 4) is 34.5 Å². The van der Waals surface area contributed by atoms with Gasteiger partial charge in [-0.15, -0.1) is 0 Å². The molecule has 7 aromatic carbocycles. The van der Waals surface area contributed by atoms with Crippen molar-refractivity contribution < 1.29 is 57.2 Å². The standard InChI is InChI=1S/C68H70O12/c1-31-23-21-24-32(2)59(31)77-65(71)55-43(13)39(9)53(40(10)44(55)14)63(69)75-51-27-35(5)61(36(6)28-51)79-67(73)57-45(15)41(11)54(42(12)46(57)16)64(70)76-52-29-37(7)62(38(8)30-52)80-68(74)58-49(19)47(17)56(48(18)50(58)20)66(72)78-60-33(3)25-22-26-34(60)4/h21-30H,1-20H3. The number of ether oxygens (including phenoxy) is 6. The summed E-state index contributed by atoms with van der Waals surface area (Å²) in [6.45, 7) is 35.8. The number of para-hydroxylation sites is 2. The van der Waals surface area contributed by atoms with Crippen molar-refractivity contribution in [3.63, 3.8) is 0 Å². The van der Waals surface area contributed by atoms with Gasteiger partial charge in [-0.2, -0.15) is 0 Å². The first kappa shape index (κ1) is 59.0. The van der Waals surface area contributed by atoms with Crippen LogP contribution in [-0.2, 0) is 0 Å². The van der Waals surface area contributed by atoms with Gasteiger partial charge in [0.05, 0.1) is 33.4 Å². The first-order valence-electron chi connectivity index (χ1n) is 26.5. The summed E-state index contributed by atoms with van der Waals surface area (Å²) in [6, 6.07) is 17.8. The van der Waals surface area contributed by atoms with E-state index in [9.17, 15) is 28.8 Å². The third-order valence-corrected chi connectivity index (χ3v) is 16.0. The Hall–Kier alpha value is -8.64. The van der Waals surface area contributed by atoms with Crippen molar-refractivity contribution in [2.75, 3.05) is 0 Å². The SMILES string of the molecule is Cc1cccc(C)c1OC(=O)c1c(C)c(C)c(C(=O)Oc2cc(C)c(OC(=O)c3c(C)c(C)c(C(=O)Oc4cc(C)c(OC(=O)c5c(C)c(C)c(C(=O)Oc6c(C)cccc6C)c(C)c5C)c(C)c4)c(C)c3C)c(C)c2)c(C)c1C. The quantitative estimate of drug-likeness (QED) is 0.0843. The summed E-state index contributed by atoms with van der Waals surface area (Å²) in [6.07, 6.45) is 0. The lowest BCUT2D eigenvalue weighted by molar-refractivity contribution is 0.0711. The molecule has 0 spiro atoms. The fourth-order valence-corrected chi connectivity index (χ4v) is 10.8. The lowest BCUT2D eigenvalue weighted by Gasteiger charge is -2.21. The largest absolute Gasteiger partial charge is 0.423 e. The molecule has 0 unspecified atom stereocenters. The van der Waals surface area contributed by atoms with Crippen LogP contribution in [0.25, 0.3) is 0 Å². The van der Waals surface area contributed by atoms with Crippen molar-refractivity contribution in [2.45, 2.75) is 138 Å². The zero-order chi connectivity index (χ0) is 59.3. The minimum atomic E-state index is -0.637. The van der Waals surface area contributed by atoms with Gasteiger partial charge in [-0.05, 0) is 274 Å². The van der Waals surface area contributed by atoms with Crippen LogP contribution in [0.2, 0.25) is 0 Å². The van der Waals surface area contributed by atoms with Gasteiger partial charge >= 0.3 is 35.8 Å². The molecule has 0 aliphatic carbocycles. The Labute approximate surface area is 469 Å². The van der Waals surface area contributed by atoms with Crippen LogP contribution in [0.4, 0.5) is 0 Å². The highest BCUT2D eigenvalue weighted by Gasteiger charge is 2.31. The Balaban J connectivity index is 1.06. The van der Waals surface area contributed by atoms with E-state index in [0.29, 0.717) is 140 Å². The van der Waals surface area contributed by atoms with Crippen molar-refractivity contribution in [2.24, 2.45) is 0 Å². The number of hydrogen-bond acceptors (Lipinski definition) is 12. The maximum Gasteiger partial charge on any atom is 0.344 e. The Morgan fingerprint density at radius 3 is 0.550 bits per heavy atom. The molecule has 0 bridgehead atoms. The molecule has 7 rings (SSSR count). The van der Waals surface area contributed by atoms with Gasteiger partial charge in [0.1, 0.15) is 34.5 Å². The molecular formula is C68H70O12. The molecule has 0 amide bonds. The molecule has 414 valence electrons. The summed E-state index contributed by atoms with van der Waals surface area (Å²) in [5.74, 6) is -1.40. The average Bonchev–Trinajstić information content (AvgIpc) is 3.37. The zero-order valence-corrected chi connectivity index (χ0v) is 49.7. The number of benzene rings is 7. The molecular weight excluding hydrogens is 1010 g/mol. The van der Waals surface area contributed by atoms with Gasteiger partial charge in [-0.25, -0.2) is 28.8 Å². The number of rotatable bonds is 12. The first-order chi connectivity index (χ1) is 37.5. The monoisotopic (exact) mass is 1080 g/mol. The second kappa shape index (κ2) is 23.0. The zero-order valence-electron chi connectivity index (χ0n) is 49.7. The molecule has 7 aromatic rings. The van der Waals surface area contributed by atoms with E-state index in [2.05, 4.69) is 0 Å². The maximum atomic E-state index is 14.2. The van der Waals surface area contributed by atoms with E-state index in [1.807, 2.05) is 64.1 Å². The molecule has 0 saturated heterocycles. The highest BCUT2D eigenvalue weighted by Crippen LogP contribution is 2.37. The lowest BCUT2D eigenvalue weighted by atomic mass is 9.89. The highest BCUT2D eigenvalue weighted by molar-refractivity contribution is 6.03. The second-order valence-electron chi connectivity index (χ2n) is 21.3. The van der Waals surface area contributed by atoms with E-state index in [0.717, 1.165) is 22.3 Å². The van der Waals surface area contributed by atoms with Crippen LogP contribution < -0.4 is 28.4 Å². The Morgan fingerprint density at radius 1 is 0.225 bits per heavy atom. The van der Waals surface area contributed by atoms with Gasteiger partial charge in [-0.1, -0.05) is 36.4 Å². The van der Waals surface area contributed by atoms with Crippen LogP contribution in [0.3, 0.4) is 0 Å². The van der Waals surface area contributed by atoms with E-state index < -0.39 is 35.8 Å². The Kier molecular flexibility index (Phi) is 17.0. The van der Waals surface area contributed by atoms with E-state index in [-0.39, 0.29) is 17.2 Å². The smallest absolute Gasteiger partial charge is 0.344 e. The molecule has 0 radical (unpaired) electrons. The lowest BCUT2D eigenvalue weighted by Crippen LogP contribution is -2.21. The number of carbonyl (C=O) groups excluding carboxylic acids is 6. The first-order valence-corrected chi connectivity index (χ1v) is 26.5. The topological polar surface area (TPSA) is 158 Å². The summed E-state index contributed by atoms with van der Waals surface area (Å²) in [5, 5.41) is 0. The molecule has 0 fully saturated rings. The van der Waals surface area contributed by atoms with Crippen LogP contribution in [-0.4, -0.2) is 35.8 Å². The van der Waals surface area contributed by atoms with Crippen molar-refractivity contribution in [3.05, 3.63) is 205 Å². The van der Waals surface area contributed by atoms with Gasteiger partial charge in [0.25, 0.3) is 0 Å². The van der Waals surface area contributed by atoms with Crippen molar-refractivity contribution >= 4 is 35.8 Å². The predicted molar refractivity (Wildman–Crippen MR) is 310 cm³/mol. The maximum absolute atomic E-state index is 14.2. The molecule has 0 atom stereocenters. The number of esters is 6. The van der Waals surface area contributed by atoms with E-state index in [1.165, 1.54) is 0 Å². The van der Waals surface area contributed by atoms with Crippen molar-refractivity contribution in [1.82, 2.24) is 0 Å². The van der Waals surface area contributed by atoms with E-state index in [1.54, 1.807) is 135 Å². The summed E-state index contributed by atoms with van der Waals surface area (Å²) in [5.41, 5.74) is 14.5. The molecule has 0 aliphatic rings. The van der Waals surface area contributed by atoms with Gasteiger partial charge < -0.3 is 28.4 Å². The average molecular weight is 1080 g/mol. The van der Waals surface area contributed by atoms with E-state index in [4.69, 9.17) is 28.4 Å². The molecule has 0 aromatic heterocycles. The molecule has 80 heavy (non-hydrogen) atoms. The predicted octanol–water partition coefficient (Wildman–Crippen LogP) is 15.2. The molecule has 0 aliphatic heterocycles. The number of aryl methyl sites for hydroxylation is 8. The van der Waals surface area contributed by atoms with Crippen LogP contribution in [0, 0.1) is 138 Å². The highest BCUT2D eigenvalue weighted by atomic mass is 16.6. The minimum Gasteiger partial charge on any atom is -0.423 e. The molecule has 12 heteroatoms. The fraction of sp³-hybridized carbons (Fsp3) is 0.294. The summed E-state index contributed by atoms with van der Waals surface area (Å²) < 4.78 is 36.0. The van der Waals surface area contributed by atoms with Crippen LogP contribution >= 0.6 is 0 Å². The summed E-state index contributed by atoms with van der Waals surface area (Å²) >= 11 is 0. The fourth-order valence-electron chi connectivity index (χ4n) is 10.8. The van der Waals surface area contributed by atoms with Crippen LogP contribution in [0.5, 0.6) is 34.5 Å². The van der Waals surface area contributed by atoms with Crippen molar-refractivity contribution in [1.29, 1.82) is 0 Å². The van der Waals surface area contributed by atoms with Crippen LogP contribution in [0.15, 0.2) is 60.7 Å². The molecule has 0 saturated carbocycles. The summed E-state index contributed by atoms with van der Waals surface area (Å²) in [4.78, 5) is 83.6. The summed E-state index contributed by atoms with van der Waals surface area (Å²) in [7, 11) is 0. The molecule has 0 heterocycles. The third kappa shape index (κ3) is 11.0. The number of carbonyl (C=O) groups is 6. The number of hydrogen-bond donors (Lipinski definition) is 0. The van der Waals surface area contributed by atoms with E-state index >= 15 is 0 Å². The second-order valence-corrected chi connectivity index (χ2v) is 21.3. The third-order valence-electron chi connectivity index (χ3n) is 16.0. The Bertz CT molecular complexity index is 3660. The normalized spacial score (nSPS) is 11.1. The van der Waals surface area contributed by atoms with Gasteiger partial charge in [0.2, 0.25) is 0 Å². The molecule has 12 nitrogen and oxygen atoms in total. The van der Waals surface area contributed by atoms with Crippen LogP contribution in [0.1, 0.15) is 173 Å².